The largest absolute Gasteiger partial charge is 0.383 e. The Balaban J connectivity index is 2.42. The van der Waals surface area contributed by atoms with Gasteiger partial charge in [-0.15, -0.1) is 0 Å². The number of anilines is 1. The second-order valence-electron chi connectivity index (χ2n) is 5.77. The average Bonchev–Trinajstić information content (AvgIpc) is 2.39. The van der Waals surface area contributed by atoms with E-state index in [0.717, 1.165) is 10.9 Å². The van der Waals surface area contributed by atoms with Gasteiger partial charge in [-0.2, -0.15) is 0 Å². The molecule has 0 amide bonds. The maximum Gasteiger partial charge on any atom is 0.383 e. The average molecular weight is 273 g/mol. The summed E-state index contributed by atoms with van der Waals surface area (Å²) >= 11 is 0. The molecule has 0 aliphatic heterocycles. The minimum absolute atomic E-state index is 0.426. The highest BCUT2D eigenvalue weighted by molar-refractivity contribution is 6.91. The van der Waals surface area contributed by atoms with E-state index in [-0.39, 0.29) is 0 Å². The molecule has 1 N–H and O–H groups in total. The molecule has 1 unspecified atom stereocenters. The number of hydrogen-bond acceptors (Lipinski definition) is 1. The molecule has 0 bridgehead atoms. The van der Waals surface area contributed by atoms with Gasteiger partial charge in [-0.05, 0) is 17.3 Å². The first-order valence-electron chi connectivity index (χ1n) is 6.51. The van der Waals surface area contributed by atoms with Crippen LogP contribution in [0.4, 0.5) is 9.80 Å². The Morgan fingerprint density at radius 2 is 1.32 bits per heavy atom. The van der Waals surface area contributed by atoms with Crippen LogP contribution in [0.3, 0.4) is 0 Å². The van der Waals surface area contributed by atoms with Crippen LogP contribution in [0.25, 0.3) is 0 Å². The Morgan fingerprint density at radius 3 is 1.79 bits per heavy atom. The van der Waals surface area contributed by atoms with Crippen LogP contribution < -0.4 is 10.2 Å². The van der Waals surface area contributed by atoms with E-state index in [0.29, 0.717) is 0 Å². The van der Waals surface area contributed by atoms with Crippen molar-refractivity contribution in [3.8, 4) is 0 Å². The summed E-state index contributed by atoms with van der Waals surface area (Å²) in [5.74, 6) is 0. The van der Waals surface area contributed by atoms with Crippen molar-refractivity contribution in [2.45, 2.75) is 25.8 Å². The standard InChI is InChI=1S/C16H20FNSi/c1-16(2,3)19(17,15-12-8-5-9-13-15)18-14-10-6-4-7-11-14/h4-13,18H,1-3H3. The third kappa shape index (κ3) is 2.87. The fraction of sp³-hybridized carbons (Fsp3) is 0.250. The molecule has 0 saturated heterocycles. The minimum atomic E-state index is -3.32. The van der Waals surface area contributed by atoms with Gasteiger partial charge in [0.05, 0.1) is 0 Å². The van der Waals surface area contributed by atoms with Gasteiger partial charge in [-0.1, -0.05) is 69.3 Å². The third-order valence-corrected chi connectivity index (χ3v) is 7.12. The van der Waals surface area contributed by atoms with Gasteiger partial charge in [0, 0.05) is 10.7 Å². The van der Waals surface area contributed by atoms with E-state index in [1.807, 2.05) is 81.4 Å². The molecule has 0 aliphatic carbocycles. The van der Waals surface area contributed by atoms with Gasteiger partial charge in [0.15, 0.2) is 0 Å². The summed E-state index contributed by atoms with van der Waals surface area (Å²) in [6, 6.07) is 19.1. The van der Waals surface area contributed by atoms with E-state index >= 15 is 4.11 Å². The highest BCUT2D eigenvalue weighted by atomic mass is 28.4. The lowest BCUT2D eigenvalue weighted by molar-refractivity contribution is 0.632. The van der Waals surface area contributed by atoms with Crippen LogP contribution in [0.15, 0.2) is 60.7 Å². The Hall–Kier alpha value is -1.61. The van der Waals surface area contributed by atoms with Gasteiger partial charge in [-0.25, -0.2) is 0 Å². The van der Waals surface area contributed by atoms with Crippen molar-refractivity contribution in [3.05, 3.63) is 60.7 Å². The van der Waals surface area contributed by atoms with E-state index in [1.54, 1.807) is 0 Å². The topological polar surface area (TPSA) is 12.0 Å². The first kappa shape index (κ1) is 13.8. The van der Waals surface area contributed by atoms with Crippen molar-refractivity contribution in [3.63, 3.8) is 0 Å². The quantitative estimate of drug-likeness (QED) is 0.652. The van der Waals surface area contributed by atoms with Gasteiger partial charge < -0.3 is 4.98 Å². The number of para-hydroxylation sites is 1. The number of halogens is 1. The predicted octanol–water partition coefficient (Wildman–Crippen LogP) is 4.22. The SMILES string of the molecule is CC(C)(C)[Si](F)(Nc1ccccc1)c1ccccc1. The predicted molar refractivity (Wildman–Crippen MR) is 82.7 cm³/mol. The molecule has 0 saturated carbocycles. The van der Waals surface area contributed by atoms with E-state index in [4.69, 9.17) is 0 Å². The second kappa shape index (κ2) is 5.17. The van der Waals surface area contributed by atoms with Crippen molar-refractivity contribution < 1.29 is 4.11 Å². The first-order chi connectivity index (χ1) is 8.93. The van der Waals surface area contributed by atoms with Gasteiger partial charge in [-0.3, -0.25) is 4.11 Å². The fourth-order valence-corrected chi connectivity index (χ4v) is 4.68. The molecule has 2 rings (SSSR count). The summed E-state index contributed by atoms with van der Waals surface area (Å²) in [6.45, 7) is 5.88. The second-order valence-corrected chi connectivity index (χ2v) is 9.41. The molecule has 0 fully saturated rings. The van der Waals surface area contributed by atoms with Gasteiger partial charge in [0.1, 0.15) is 0 Å². The Morgan fingerprint density at radius 1 is 0.842 bits per heavy atom. The molecule has 19 heavy (non-hydrogen) atoms. The van der Waals surface area contributed by atoms with Crippen molar-refractivity contribution in [2.75, 3.05) is 4.98 Å². The summed E-state index contributed by atoms with van der Waals surface area (Å²) in [4.78, 5) is 3.18. The summed E-state index contributed by atoms with van der Waals surface area (Å²) in [5, 5.41) is 0.357. The van der Waals surface area contributed by atoms with Crippen LogP contribution in [0, 0.1) is 0 Å². The monoisotopic (exact) mass is 273 g/mol. The molecule has 0 aromatic heterocycles. The summed E-state index contributed by atoms with van der Waals surface area (Å²) in [5.41, 5.74) is 0.843. The van der Waals surface area contributed by atoms with Crippen LogP contribution in [0.2, 0.25) is 5.04 Å². The van der Waals surface area contributed by atoms with Gasteiger partial charge >= 0.3 is 8.57 Å². The maximum atomic E-state index is 15.7. The van der Waals surface area contributed by atoms with Crippen molar-refractivity contribution in [2.24, 2.45) is 0 Å². The lowest BCUT2D eigenvalue weighted by Gasteiger charge is -2.36. The smallest absolute Gasteiger partial charge is 0.382 e. The zero-order valence-electron chi connectivity index (χ0n) is 11.7. The summed E-state index contributed by atoms with van der Waals surface area (Å²) < 4.78 is 15.7. The van der Waals surface area contributed by atoms with Crippen molar-refractivity contribution in [1.82, 2.24) is 0 Å². The van der Waals surface area contributed by atoms with E-state index in [9.17, 15) is 0 Å². The lowest BCUT2D eigenvalue weighted by atomic mass is 10.2. The normalized spacial score (nSPS) is 14.7. The van der Waals surface area contributed by atoms with Gasteiger partial charge in [0.25, 0.3) is 0 Å². The van der Waals surface area contributed by atoms with Crippen molar-refractivity contribution >= 4 is 19.4 Å². The number of benzene rings is 2. The highest BCUT2D eigenvalue weighted by Gasteiger charge is 2.49. The molecule has 0 radical (unpaired) electrons. The molecule has 2 aromatic rings. The molecular formula is C16H20FNSi. The lowest BCUT2D eigenvalue weighted by Crippen LogP contribution is -2.58. The van der Waals surface area contributed by atoms with E-state index in [2.05, 4.69) is 4.98 Å². The van der Waals surface area contributed by atoms with Crippen LogP contribution in [0.5, 0.6) is 0 Å². The zero-order chi connectivity index (χ0) is 13.9. The minimum Gasteiger partial charge on any atom is -0.382 e. The Kier molecular flexibility index (Phi) is 3.76. The van der Waals surface area contributed by atoms with Crippen LogP contribution >= 0.6 is 0 Å². The number of rotatable bonds is 3. The first-order valence-corrected chi connectivity index (χ1v) is 8.39. The molecule has 2 aromatic carbocycles. The molecule has 100 valence electrons. The van der Waals surface area contributed by atoms with Crippen LogP contribution in [-0.2, 0) is 0 Å². The summed E-state index contributed by atoms with van der Waals surface area (Å²) in [7, 11) is -3.32. The van der Waals surface area contributed by atoms with E-state index in [1.165, 1.54) is 0 Å². The third-order valence-electron chi connectivity index (χ3n) is 3.30. The molecule has 0 heterocycles. The van der Waals surface area contributed by atoms with E-state index < -0.39 is 13.6 Å². The van der Waals surface area contributed by atoms with Gasteiger partial charge in [0.2, 0.25) is 0 Å². The molecule has 1 atom stereocenters. The van der Waals surface area contributed by atoms with Crippen molar-refractivity contribution in [1.29, 1.82) is 0 Å². The Labute approximate surface area is 115 Å². The maximum absolute atomic E-state index is 15.7. The van der Waals surface area contributed by atoms with Crippen LogP contribution in [-0.4, -0.2) is 8.57 Å². The zero-order valence-corrected chi connectivity index (χ0v) is 12.7. The molecule has 1 nitrogen and oxygen atoms in total. The number of hydrogen-bond donors (Lipinski definition) is 1. The number of nitrogens with one attached hydrogen (secondary N) is 1. The molecular weight excluding hydrogens is 253 g/mol. The fourth-order valence-electron chi connectivity index (χ4n) is 2.08. The molecule has 3 heteroatoms. The molecule has 0 spiro atoms. The highest BCUT2D eigenvalue weighted by Crippen LogP contribution is 2.37. The summed E-state index contributed by atoms with van der Waals surface area (Å²) in [6.07, 6.45) is 0. The Bertz CT molecular complexity index is 521. The molecule has 0 aliphatic rings. The van der Waals surface area contributed by atoms with Crippen LogP contribution in [0.1, 0.15) is 20.8 Å².